The number of nitrogens with zero attached hydrogens (tertiary/aromatic N) is 1. The van der Waals surface area contributed by atoms with Crippen LogP contribution in [0.3, 0.4) is 0 Å². The van der Waals surface area contributed by atoms with Gasteiger partial charge in [-0.3, -0.25) is 19.3 Å². The van der Waals surface area contributed by atoms with Crippen molar-refractivity contribution in [1.29, 1.82) is 0 Å². The number of thioether (sulfide) groups is 1. The lowest BCUT2D eigenvalue weighted by molar-refractivity contribution is -0.156. The molecule has 0 aromatic heterocycles. The molecule has 186 valence electrons. The predicted octanol–water partition coefficient (Wildman–Crippen LogP) is 6.72. The molecule has 3 rings (SSSR count). The molecule has 1 fully saturated rings. The fourth-order valence-corrected chi connectivity index (χ4v) is 4.59. The molecular weight excluding hydrogens is 581 g/mol. The number of esters is 1. The van der Waals surface area contributed by atoms with Crippen molar-refractivity contribution in [3.05, 3.63) is 60.9 Å². The Morgan fingerprint density at radius 2 is 1.83 bits per heavy atom. The van der Waals surface area contributed by atoms with Gasteiger partial charge >= 0.3 is 5.97 Å². The number of methoxy groups -OCH3 is 1. The van der Waals surface area contributed by atoms with Crippen molar-refractivity contribution >= 4 is 74.1 Å². The summed E-state index contributed by atoms with van der Waals surface area (Å²) in [4.78, 5) is 38.3. The van der Waals surface area contributed by atoms with Crippen LogP contribution in [-0.4, -0.2) is 41.3 Å². The van der Waals surface area contributed by atoms with Crippen LogP contribution in [0.5, 0.6) is 11.5 Å². The second kappa shape index (κ2) is 11.2. The van der Waals surface area contributed by atoms with Gasteiger partial charge in [0.25, 0.3) is 11.1 Å². The summed E-state index contributed by atoms with van der Waals surface area (Å²) in [6.07, 6.45) is 1.55. The number of hydrogen-bond donors (Lipinski definition) is 0. The van der Waals surface area contributed by atoms with Gasteiger partial charge < -0.3 is 14.2 Å². The van der Waals surface area contributed by atoms with Crippen LogP contribution in [0.1, 0.15) is 31.9 Å². The normalized spacial score (nSPS) is 15.1. The summed E-state index contributed by atoms with van der Waals surface area (Å²) in [7, 11) is 1.49. The molecule has 1 aliphatic heterocycles. The molecule has 11 heteroatoms. The number of halogens is 3. The Bertz CT molecular complexity index is 1210. The van der Waals surface area contributed by atoms with Crippen LogP contribution in [0.4, 0.5) is 4.79 Å². The van der Waals surface area contributed by atoms with Crippen molar-refractivity contribution in [2.45, 2.75) is 33.0 Å². The summed E-state index contributed by atoms with van der Waals surface area (Å²) in [6, 6.07) is 8.59. The van der Waals surface area contributed by atoms with Gasteiger partial charge in [0.15, 0.2) is 11.5 Å². The SMILES string of the molecule is COc1cc(C=C2SC(=O)N(CC(=O)OC(C)(C)C)C2=O)c(Br)cc1OCc1ccc(Cl)c(Cl)c1. The Hall–Kier alpha value is -2.20. The van der Waals surface area contributed by atoms with Crippen LogP contribution < -0.4 is 9.47 Å². The Morgan fingerprint density at radius 3 is 2.46 bits per heavy atom. The minimum Gasteiger partial charge on any atom is -0.493 e. The molecular formula is C24H22BrCl2NO6S. The predicted molar refractivity (Wildman–Crippen MR) is 140 cm³/mol. The first-order valence-corrected chi connectivity index (χ1v) is 12.7. The molecule has 0 unspecified atom stereocenters. The highest BCUT2D eigenvalue weighted by molar-refractivity contribution is 9.10. The average Bonchev–Trinajstić information content (AvgIpc) is 3.02. The highest BCUT2D eigenvalue weighted by Crippen LogP contribution is 2.38. The fraction of sp³-hybridized carbons (Fsp3) is 0.292. The topological polar surface area (TPSA) is 82.1 Å². The molecule has 2 amide bonds. The summed E-state index contributed by atoms with van der Waals surface area (Å²) in [5, 5.41) is 0.337. The Morgan fingerprint density at radius 1 is 1.11 bits per heavy atom. The highest BCUT2D eigenvalue weighted by Gasteiger charge is 2.37. The lowest BCUT2D eigenvalue weighted by Crippen LogP contribution is -2.37. The van der Waals surface area contributed by atoms with E-state index in [4.69, 9.17) is 37.4 Å². The van der Waals surface area contributed by atoms with Crippen molar-refractivity contribution in [3.63, 3.8) is 0 Å². The van der Waals surface area contributed by atoms with Gasteiger partial charge in [-0.1, -0.05) is 45.2 Å². The molecule has 2 aromatic rings. The van der Waals surface area contributed by atoms with Crippen molar-refractivity contribution in [3.8, 4) is 11.5 Å². The van der Waals surface area contributed by atoms with E-state index in [0.717, 1.165) is 22.2 Å². The molecule has 1 saturated heterocycles. The third-order valence-electron chi connectivity index (χ3n) is 4.53. The van der Waals surface area contributed by atoms with Crippen molar-refractivity contribution in [2.24, 2.45) is 0 Å². The van der Waals surface area contributed by atoms with E-state index >= 15 is 0 Å². The summed E-state index contributed by atoms with van der Waals surface area (Å²) in [6.45, 7) is 4.90. The maximum Gasteiger partial charge on any atom is 0.326 e. The second-order valence-electron chi connectivity index (χ2n) is 8.42. The van der Waals surface area contributed by atoms with E-state index in [1.807, 2.05) is 0 Å². The molecule has 0 saturated carbocycles. The molecule has 0 aliphatic carbocycles. The third-order valence-corrected chi connectivity index (χ3v) is 6.86. The maximum absolute atomic E-state index is 12.8. The van der Waals surface area contributed by atoms with E-state index in [0.29, 0.717) is 31.6 Å². The standard InChI is InChI=1S/C24H22BrCl2NO6S/c1-24(2,3)34-21(29)11-28-22(30)20(35-23(28)31)9-14-8-18(32-4)19(10-15(14)25)33-12-13-5-6-16(26)17(27)7-13/h5-10H,11-12H2,1-4H3. The number of amides is 2. The molecule has 1 aliphatic rings. The Balaban J connectivity index is 1.77. The van der Waals surface area contributed by atoms with Crippen LogP contribution in [0.2, 0.25) is 10.0 Å². The maximum atomic E-state index is 12.8. The highest BCUT2D eigenvalue weighted by atomic mass is 79.9. The first kappa shape index (κ1) is 27.4. The lowest BCUT2D eigenvalue weighted by atomic mass is 10.1. The first-order valence-electron chi connectivity index (χ1n) is 10.3. The quantitative estimate of drug-likeness (QED) is 0.257. The number of carbonyl (C=O) groups is 3. The van der Waals surface area contributed by atoms with E-state index in [9.17, 15) is 14.4 Å². The molecule has 2 aromatic carbocycles. The van der Waals surface area contributed by atoms with E-state index in [1.165, 1.54) is 7.11 Å². The average molecular weight is 603 g/mol. The summed E-state index contributed by atoms with van der Waals surface area (Å²) >= 11 is 16.2. The van der Waals surface area contributed by atoms with Gasteiger partial charge in [0.2, 0.25) is 0 Å². The van der Waals surface area contributed by atoms with Gasteiger partial charge in [0, 0.05) is 4.47 Å². The van der Waals surface area contributed by atoms with E-state index in [2.05, 4.69) is 15.9 Å². The monoisotopic (exact) mass is 601 g/mol. The zero-order valence-electron chi connectivity index (χ0n) is 19.3. The zero-order valence-corrected chi connectivity index (χ0v) is 23.2. The minimum absolute atomic E-state index is 0.172. The van der Waals surface area contributed by atoms with Crippen molar-refractivity contribution in [1.82, 2.24) is 4.90 Å². The summed E-state index contributed by atoms with van der Waals surface area (Å²) < 4.78 is 17.2. The Labute approximate surface area is 225 Å². The van der Waals surface area contributed by atoms with Gasteiger partial charge in [-0.05, 0) is 74.0 Å². The van der Waals surface area contributed by atoms with E-state index in [1.54, 1.807) is 57.2 Å². The fourth-order valence-electron chi connectivity index (χ4n) is 3.00. The molecule has 0 N–H and O–H groups in total. The number of carbonyl (C=O) groups excluding carboxylic acids is 3. The molecule has 1 heterocycles. The van der Waals surface area contributed by atoms with Crippen LogP contribution in [0.15, 0.2) is 39.7 Å². The lowest BCUT2D eigenvalue weighted by Gasteiger charge is -2.21. The summed E-state index contributed by atoms with van der Waals surface area (Å²) in [5.41, 5.74) is 0.687. The van der Waals surface area contributed by atoms with Gasteiger partial charge in [0.1, 0.15) is 18.8 Å². The van der Waals surface area contributed by atoms with Crippen LogP contribution in [0, 0.1) is 0 Å². The minimum atomic E-state index is -0.722. The van der Waals surface area contributed by atoms with Crippen molar-refractivity contribution in [2.75, 3.05) is 13.7 Å². The van der Waals surface area contributed by atoms with Crippen LogP contribution in [-0.2, 0) is 20.9 Å². The Kier molecular flexibility index (Phi) is 8.80. The van der Waals surface area contributed by atoms with Gasteiger partial charge in [-0.2, -0.15) is 0 Å². The zero-order chi connectivity index (χ0) is 25.9. The van der Waals surface area contributed by atoms with E-state index < -0.39 is 29.3 Å². The number of ether oxygens (including phenoxy) is 3. The second-order valence-corrected chi connectivity index (χ2v) is 11.1. The molecule has 35 heavy (non-hydrogen) atoms. The van der Waals surface area contributed by atoms with Gasteiger partial charge in [-0.25, -0.2) is 0 Å². The van der Waals surface area contributed by atoms with Gasteiger partial charge in [0.05, 0.1) is 22.1 Å². The number of benzene rings is 2. The van der Waals surface area contributed by atoms with Gasteiger partial charge in [-0.15, -0.1) is 0 Å². The van der Waals surface area contributed by atoms with Crippen LogP contribution in [0.25, 0.3) is 6.08 Å². The van der Waals surface area contributed by atoms with Crippen LogP contribution >= 0.6 is 50.9 Å². The number of rotatable bonds is 7. The molecule has 0 spiro atoms. The smallest absolute Gasteiger partial charge is 0.326 e. The first-order chi connectivity index (χ1) is 16.4. The molecule has 0 radical (unpaired) electrons. The number of hydrogen-bond acceptors (Lipinski definition) is 7. The number of imide groups is 1. The molecule has 0 bridgehead atoms. The third kappa shape index (κ3) is 7.16. The van der Waals surface area contributed by atoms with Crippen molar-refractivity contribution < 1.29 is 28.6 Å². The van der Waals surface area contributed by atoms with E-state index in [-0.39, 0.29) is 11.5 Å². The summed E-state index contributed by atoms with van der Waals surface area (Å²) in [5.74, 6) is -0.350. The largest absolute Gasteiger partial charge is 0.493 e. The molecule has 0 atom stereocenters. The molecule has 7 nitrogen and oxygen atoms in total.